The average Bonchev–Trinajstić information content (AvgIpc) is 2.34. The fraction of sp³-hybridized carbons (Fsp3) is 0.750. The Morgan fingerprint density at radius 2 is 2.08 bits per heavy atom. The third-order valence-corrected chi connectivity index (χ3v) is 2.24. The largest absolute Gasteiger partial charge is 0.369 e. The van der Waals surface area contributed by atoms with Crippen molar-refractivity contribution in [1.82, 2.24) is 5.32 Å². The van der Waals surface area contributed by atoms with Crippen LogP contribution in [0.15, 0.2) is 0 Å². The third kappa shape index (κ3) is 2.22. The number of carbonyl (C=O) groups is 2. The van der Waals surface area contributed by atoms with Crippen LogP contribution in [0, 0.1) is 5.92 Å². The Morgan fingerprint density at radius 3 is 2.50 bits per heavy atom. The van der Waals surface area contributed by atoms with Gasteiger partial charge in [-0.25, -0.2) is 0 Å². The van der Waals surface area contributed by atoms with Gasteiger partial charge >= 0.3 is 0 Å². The molecule has 0 aromatic heterocycles. The minimum atomic E-state index is -0.247. The molecule has 1 aliphatic carbocycles. The highest BCUT2D eigenvalue weighted by Crippen LogP contribution is 2.24. The molecule has 1 fully saturated rings. The Balaban J connectivity index is 2.35. The van der Waals surface area contributed by atoms with Crippen molar-refractivity contribution >= 4 is 11.8 Å². The van der Waals surface area contributed by atoms with Crippen LogP contribution in [0.1, 0.15) is 26.2 Å². The summed E-state index contributed by atoms with van der Waals surface area (Å²) in [6.45, 7) is 1.48. The van der Waals surface area contributed by atoms with Crippen LogP contribution in [0.2, 0.25) is 0 Å². The maximum atomic E-state index is 10.7. The normalized spacial score (nSPS) is 28.4. The molecule has 0 radical (unpaired) electrons. The van der Waals surface area contributed by atoms with Gasteiger partial charge in [0.25, 0.3) is 0 Å². The molecule has 4 heteroatoms. The van der Waals surface area contributed by atoms with E-state index < -0.39 is 0 Å². The monoisotopic (exact) mass is 170 g/mol. The number of primary amides is 1. The standard InChI is InChI=1S/C8H14N2O2/c1-5(11)10-7-3-2-6(4-7)8(9)12/h6-7H,2-4H2,1H3,(H2,9,12)(H,10,11)/t6-,7+/m1/s1. The topological polar surface area (TPSA) is 72.2 Å². The molecule has 0 spiro atoms. The van der Waals surface area contributed by atoms with Crippen molar-refractivity contribution < 1.29 is 9.59 Å². The van der Waals surface area contributed by atoms with Crippen LogP contribution in [0.4, 0.5) is 0 Å². The average molecular weight is 170 g/mol. The summed E-state index contributed by atoms with van der Waals surface area (Å²) in [6, 6.07) is 0.153. The minimum Gasteiger partial charge on any atom is -0.369 e. The van der Waals surface area contributed by atoms with Crippen LogP contribution in [0.3, 0.4) is 0 Å². The number of carbonyl (C=O) groups excluding carboxylic acids is 2. The van der Waals surface area contributed by atoms with Crippen LogP contribution in [0.25, 0.3) is 0 Å². The molecule has 2 amide bonds. The van der Waals surface area contributed by atoms with Crippen LogP contribution in [-0.2, 0) is 9.59 Å². The summed E-state index contributed by atoms with van der Waals surface area (Å²) in [5.41, 5.74) is 5.14. The highest BCUT2D eigenvalue weighted by Gasteiger charge is 2.28. The summed E-state index contributed by atoms with van der Waals surface area (Å²) in [6.07, 6.45) is 2.38. The summed E-state index contributed by atoms with van der Waals surface area (Å²) < 4.78 is 0. The Hall–Kier alpha value is -1.06. The molecule has 3 N–H and O–H groups in total. The first-order chi connectivity index (χ1) is 5.59. The van der Waals surface area contributed by atoms with Crippen LogP contribution < -0.4 is 11.1 Å². The highest BCUT2D eigenvalue weighted by atomic mass is 16.2. The molecule has 0 aliphatic heterocycles. The van der Waals surface area contributed by atoms with E-state index in [1.807, 2.05) is 0 Å². The lowest BCUT2D eigenvalue weighted by Gasteiger charge is -2.09. The lowest BCUT2D eigenvalue weighted by atomic mass is 10.1. The van der Waals surface area contributed by atoms with Crippen molar-refractivity contribution in [2.24, 2.45) is 11.7 Å². The minimum absolute atomic E-state index is 0.0369. The van der Waals surface area contributed by atoms with Crippen molar-refractivity contribution in [2.75, 3.05) is 0 Å². The van der Waals surface area contributed by atoms with Gasteiger partial charge in [-0.3, -0.25) is 9.59 Å². The van der Waals surface area contributed by atoms with E-state index in [4.69, 9.17) is 5.73 Å². The predicted octanol–water partition coefficient (Wildman–Crippen LogP) is -0.223. The summed E-state index contributed by atoms with van der Waals surface area (Å²) in [7, 11) is 0. The smallest absolute Gasteiger partial charge is 0.220 e. The second kappa shape index (κ2) is 3.56. The van der Waals surface area contributed by atoms with Gasteiger partial charge in [0.15, 0.2) is 0 Å². The first-order valence-corrected chi connectivity index (χ1v) is 4.16. The van der Waals surface area contributed by atoms with Gasteiger partial charge in [-0.2, -0.15) is 0 Å². The summed E-state index contributed by atoms with van der Waals surface area (Å²) >= 11 is 0. The lowest BCUT2D eigenvalue weighted by Crippen LogP contribution is -2.31. The number of hydrogen-bond acceptors (Lipinski definition) is 2. The van der Waals surface area contributed by atoms with Crippen molar-refractivity contribution in [3.05, 3.63) is 0 Å². The molecule has 0 unspecified atom stereocenters. The molecule has 1 rings (SSSR count). The van der Waals surface area contributed by atoms with Gasteiger partial charge in [-0.1, -0.05) is 0 Å². The van der Waals surface area contributed by atoms with Crippen molar-refractivity contribution in [1.29, 1.82) is 0 Å². The molecule has 1 saturated carbocycles. The molecule has 4 nitrogen and oxygen atoms in total. The van der Waals surface area contributed by atoms with E-state index in [1.54, 1.807) is 0 Å². The number of nitrogens with two attached hydrogens (primary N) is 1. The number of rotatable bonds is 2. The van der Waals surface area contributed by atoms with E-state index in [0.29, 0.717) is 6.42 Å². The zero-order valence-corrected chi connectivity index (χ0v) is 7.17. The van der Waals surface area contributed by atoms with Gasteiger partial charge in [0.1, 0.15) is 0 Å². The van der Waals surface area contributed by atoms with E-state index in [2.05, 4.69) is 5.32 Å². The molecule has 0 heterocycles. The van der Waals surface area contributed by atoms with Crippen molar-refractivity contribution in [2.45, 2.75) is 32.2 Å². The lowest BCUT2D eigenvalue weighted by molar-refractivity contribution is -0.122. The quantitative estimate of drug-likeness (QED) is 0.601. The Kier molecular flexibility index (Phi) is 2.68. The SMILES string of the molecule is CC(=O)N[C@H]1CC[C@@H](C(N)=O)C1. The first kappa shape index (κ1) is 9.03. The molecular formula is C8H14N2O2. The van der Waals surface area contributed by atoms with Gasteiger partial charge < -0.3 is 11.1 Å². The summed E-state index contributed by atoms with van der Waals surface area (Å²) in [5.74, 6) is -0.324. The van der Waals surface area contributed by atoms with Crippen LogP contribution in [0.5, 0.6) is 0 Å². The molecule has 0 saturated heterocycles. The van der Waals surface area contributed by atoms with E-state index in [1.165, 1.54) is 6.92 Å². The third-order valence-electron chi connectivity index (χ3n) is 2.24. The van der Waals surface area contributed by atoms with E-state index in [0.717, 1.165) is 12.8 Å². The number of hydrogen-bond donors (Lipinski definition) is 2. The number of amides is 2. The molecule has 0 aromatic carbocycles. The summed E-state index contributed by atoms with van der Waals surface area (Å²) in [5, 5.41) is 2.78. The maximum Gasteiger partial charge on any atom is 0.220 e. The zero-order valence-electron chi connectivity index (χ0n) is 7.17. The second-order valence-corrected chi connectivity index (χ2v) is 3.31. The fourth-order valence-electron chi connectivity index (χ4n) is 1.66. The number of nitrogens with one attached hydrogen (secondary N) is 1. The predicted molar refractivity (Wildman–Crippen MR) is 44.1 cm³/mol. The van der Waals surface area contributed by atoms with E-state index >= 15 is 0 Å². The fourth-order valence-corrected chi connectivity index (χ4v) is 1.66. The Morgan fingerprint density at radius 1 is 1.42 bits per heavy atom. The molecule has 0 bridgehead atoms. The van der Waals surface area contributed by atoms with Gasteiger partial charge in [-0.05, 0) is 19.3 Å². The zero-order chi connectivity index (χ0) is 9.14. The molecule has 2 atom stereocenters. The Bertz CT molecular complexity index is 203. The van der Waals surface area contributed by atoms with Gasteiger partial charge in [-0.15, -0.1) is 0 Å². The second-order valence-electron chi connectivity index (χ2n) is 3.31. The van der Waals surface area contributed by atoms with E-state index in [-0.39, 0.29) is 23.8 Å². The van der Waals surface area contributed by atoms with Gasteiger partial charge in [0.05, 0.1) is 0 Å². The van der Waals surface area contributed by atoms with Crippen LogP contribution >= 0.6 is 0 Å². The van der Waals surface area contributed by atoms with Gasteiger partial charge in [0, 0.05) is 18.9 Å². The van der Waals surface area contributed by atoms with Gasteiger partial charge in [0.2, 0.25) is 11.8 Å². The molecular weight excluding hydrogens is 156 g/mol. The molecule has 68 valence electrons. The first-order valence-electron chi connectivity index (χ1n) is 4.16. The van der Waals surface area contributed by atoms with Crippen LogP contribution in [-0.4, -0.2) is 17.9 Å². The van der Waals surface area contributed by atoms with E-state index in [9.17, 15) is 9.59 Å². The maximum absolute atomic E-state index is 10.7. The Labute approximate surface area is 71.5 Å². The highest BCUT2D eigenvalue weighted by molar-refractivity contribution is 5.77. The van der Waals surface area contributed by atoms with Crippen molar-refractivity contribution in [3.63, 3.8) is 0 Å². The molecule has 1 aliphatic rings. The molecule has 0 aromatic rings. The molecule has 12 heavy (non-hydrogen) atoms. The van der Waals surface area contributed by atoms with Crippen molar-refractivity contribution in [3.8, 4) is 0 Å². The summed E-state index contributed by atoms with van der Waals surface area (Å²) in [4.78, 5) is 21.4.